The molecule has 29 heavy (non-hydrogen) atoms. The van der Waals surface area contributed by atoms with E-state index in [0.29, 0.717) is 6.61 Å². The van der Waals surface area contributed by atoms with Crippen molar-refractivity contribution < 1.29 is 13.8 Å². The van der Waals surface area contributed by atoms with E-state index in [1.807, 2.05) is 6.07 Å². The third kappa shape index (κ3) is 6.56. The van der Waals surface area contributed by atoms with Crippen LogP contribution in [0.4, 0.5) is 0 Å². The third-order valence-electron chi connectivity index (χ3n) is 6.49. The smallest absolute Gasteiger partial charge is 0.242 e. The summed E-state index contributed by atoms with van der Waals surface area (Å²) < 4.78 is 26.7. The lowest BCUT2D eigenvalue weighted by Crippen LogP contribution is -2.38. The van der Waals surface area contributed by atoms with Gasteiger partial charge in [0.05, 0.1) is 11.1 Å². The second-order valence-corrected chi connectivity index (χ2v) is 12.5. The van der Waals surface area contributed by atoms with Gasteiger partial charge in [0, 0.05) is 11.2 Å². The average Bonchev–Trinajstić information content (AvgIpc) is 3.14. The van der Waals surface area contributed by atoms with Gasteiger partial charge in [0.2, 0.25) is 7.37 Å². The number of hydrogen-bond acceptors (Lipinski definition) is 4. The Hall–Kier alpha value is -0.350. The summed E-state index contributed by atoms with van der Waals surface area (Å²) in [5.41, 5.74) is 7.84. The van der Waals surface area contributed by atoms with Gasteiger partial charge in [0.1, 0.15) is 5.75 Å². The number of unbranched alkanes of at least 4 members (excludes halogenated alkanes) is 1. The van der Waals surface area contributed by atoms with Crippen molar-refractivity contribution >= 4 is 23.3 Å². The molecule has 2 aliphatic rings. The average molecular weight is 486 g/mol. The van der Waals surface area contributed by atoms with E-state index in [-0.39, 0.29) is 17.5 Å². The lowest BCUT2D eigenvalue weighted by Gasteiger charge is -2.30. The summed E-state index contributed by atoms with van der Waals surface area (Å²) in [4.78, 5) is 0. The minimum atomic E-state index is -2.82. The molecule has 0 radical (unpaired) electrons. The van der Waals surface area contributed by atoms with Gasteiger partial charge >= 0.3 is 0 Å². The number of benzene rings is 1. The van der Waals surface area contributed by atoms with E-state index < -0.39 is 7.37 Å². The topological polar surface area (TPSA) is 61.5 Å². The van der Waals surface area contributed by atoms with Gasteiger partial charge in [0.15, 0.2) is 6.35 Å². The van der Waals surface area contributed by atoms with E-state index in [1.165, 1.54) is 24.8 Å². The summed E-state index contributed by atoms with van der Waals surface area (Å²) in [5, 5.41) is 0. The van der Waals surface area contributed by atoms with Gasteiger partial charge < -0.3 is 15.0 Å². The molecule has 2 aliphatic carbocycles. The first-order valence-corrected chi connectivity index (χ1v) is 14.0. The van der Waals surface area contributed by atoms with Crippen LogP contribution in [0, 0.1) is 0 Å². The molecule has 1 aromatic rings. The van der Waals surface area contributed by atoms with Crippen molar-refractivity contribution in [2.24, 2.45) is 5.73 Å². The van der Waals surface area contributed by atoms with Crippen molar-refractivity contribution in [1.29, 1.82) is 0 Å². The van der Waals surface area contributed by atoms with Crippen LogP contribution in [0.25, 0.3) is 0 Å². The molecule has 0 amide bonds. The molecule has 0 bridgehead atoms. The van der Waals surface area contributed by atoms with E-state index in [1.54, 1.807) is 0 Å². The minimum absolute atomic E-state index is 0.0639. The van der Waals surface area contributed by atoms with Gasteiger partial charge in [-0.05, 0) is 72.2 Å². The van der Waals surface area contributed by atoms with Crippen LogP contribution in [0.1, 0.15) is 83.1 Å². The number of ether oxygens (including phenoxy) is 1. The first-order chi connectivity index (χ1) is 13.9. The maximum absolute atomic E-state index is 13.7. The summed E-state index contributed by atoms with van der Waals surface area (Å²) in [6, 6.07) is 6.18. The number of nitrogens with two attached hydrogens (primary N) is 1. The fraction of sp³-hybridized carbons (Fsp3) is 0.739. The normalized spacial score (nSPS) is 21.8. The van der Waals surface area contributed by atoms with E-state index in [9.17, 15) is 4.57 Å². The van der Waals surface area contributed by atoms with Crippen molar-refractivity contribution in [2.45, 2.75) is 95.2 Å². The molecule has 0 saturated heterocycles. The van der Waals surface area contributed by atoms with Crippen LogP contribution in [0.5, 0.6) is 5.75 Å². The highest BCUT2D eigenvalue weighted by Gasteiger charge is 2.36. The highest BCUT2D eigenvalue weighted by molar-refractivity contribution is 9.10. The second-order valence-electron chi connectivity index (χ2n) is 8.99. The molecule has 2 fully saturated rings. The van der Waals surface area contributed by atoms with Crippen molar-refractivity contribution in [2.75, 3.05) is 13.0 Å². The Morgan fingerprint density at radius 2 is 1.90 bits per heavy atom. The maximum Gasteiger partial charge on any atom is 0.242 e. The second kappa shape index (κ2) is 10.8. The minimum Gasteiger partial charge on any atom is -0.482 e. The fourth-order valence-electron chi connectivity index (χ4n) is 4.68. The van der Waals surface area contributed by atoms with Crippen molar-refractivity contribution in [3.63, 3.8) is 0 Å². The lowest BCUT2D eigenvalue weighted by atomic mass is 9.90. The molecular formula is C23H37BrNO3P. The summed E-state index contributed by atoms with van der Waals surface area (Å²) in [7, 11) is -2.82. The van der Waals surface area contributed by atoms with Crippen LogP contribution in [-0.2, 0) is 15.5 Å². The number of halogens is 1. The molecule has 0 heterocycles. The molecular weight excluding hydrogens is 449 g/mol. The summed E-state index contributed by atoms with van der Waals surface area (Å²) >= 11 is 3.65. The molecule has 0 spiro atoms. The van der Waals surface area contributed by atoms with Gasteiger partial charge in [0.25, 0.3) is 0 Å². The third-order valence-corrected chi connectivity index (χ3v) is 9.85. The molecule has 1 aromatic carbocycles. The Labute approximate surface area is 184 Å². The van der Waals surface area contributed by atoms with Crippen LogP contribution >= 0.6 is 23.3 Å². The monoisotopic (exact) mass is 485 g/mol. The largest absolute Gasteiger partial charge is 0.482 e. The van der Waals surface area contributed by atoms with Gasteiger partial charge in [-0.25, -0.2) is 0 Å². The highest BCUT2D eigenvalue weighted by atomic mass is 79.9. The van der Waals surface area contributed by atoms with Gasteiger partial charge in [-0.15, -0.1) is 0 Å². The van der Waals surface area contributed by atoms with Crippen molar-refractivity contribution in [3.05, 3.63) is 28.2 Å². The van der Waals surface area contributed by atoms with Crippen LogP contribution < -0.4 is 10.5 Å². The zero-order valence-electron chi connectivity index (χ0n) is 17.8. The summed E-state index contributed by atoms with van der Waals surface area (Å²) in [6.45, 7) is 2.69. The van der Waals surface area contributed by atoms with Crippen molar-refractivity contribution in [1.82, 2.24) is 0 Å². The van der Waals surface area contributed by atoms with Gasteiger partial charge in [-0.1, -0.05) is 51.5 Å². The Morgan fingerprint density at radius 1 is 1.17 bits per heavy atom. The molecule has 1 atom stereocenters. The standard InChI is InChI=1S/C23H37BrNO3P/c1-2-3-15-28-29(26,20-9-5-4-6-10-20)18-27-22-12-11-19(16-21(22)24)17-23(25)13-7-8-14-23/h11-12,16,20H,2-10,13-15,17-18,25H2,1H3. The predicted octanol–water partition coefficient (Wildman–Crippen LogP) is 7.03. The van der Waals surface area contributed by atoms with E-state index in [0.717, 1.165) is 68.0 Å². The summed E-state index contributed by atoms with van der Waals surface area (Å²) in [5.74, 6) is 0.737. The Kier molecular flexibility index (Phi) is 8.68. The molecule has 2 N–H and O–H groups in total. The molecule has 164 valence electrons. The highest BCUT2D eigenvalue weighted by Crippen LogP contribution is 2.56. The first kappa shape index (κ1) is 23.3. The predicted molar refractivity (Wildman–Crippen MR) is 124 cm³/mol. The van der Waals surface area contributed by atoms with Crippen LogP contribution in [0.3, 0.4) is 0 Å². The Morgan fingerprint density at radius 3 is 2.55 bits per heavy atom. The van der Waals surface area contributed by atoms with Crippen LogP contribution in [0.2, 0.25) is 0 Å². The van der Waals surface area contributed by atoms with Gasteiger partial charge in [-0.3, -0.25) is 4.57 Å². The molecule has 6 heteroatoms. The fourth-order valence-corrected chi connectivity index (χ4v) is 7.63. The lowest BCUT2D eigenvalue weighted by molar-refractivity contribution is 0.263. The van der Waals surface area contributed by atoms with E-state index >= 15 is 0 Å². The Bertz CT molecular complexity index is 699. The first-order valence-electron chi connectivity index (χ1n) is 11.4. The zero-order valence-corrected chi connectivity index (χ0v) is 20.3. The van der Waals surface area contributed by atoms with Crippen LogP contribution in [-0.4, -0.2) is 24.2 Å². The quantitative estimate of drug-likeness (QED) is 0.285. The maximum atomic E-state index is 13.7. The molecule has 0 aliphatic heterocycles. The Balaban J connectivity index is 1.64. The molecule has 1 unspecified atom stereocenters. The number of rotatable bonds is 10. The number of hydrogen-bond donors (Lipinski definition) is 1. The molecule has 0 aromatic heterocycles. The van der Waals surface area contributed by atoms with Crippen molar-refractivity contribution in [3.8, 4) is 5.75 Å². The zero-order chi connectivity index (χ0) is 20.7. The molecule has 3 rings (SSSR count). The summed E-state index contributed by atoms with van der Waals surface area (Å²) in [6.07, 6.45) is 13.2. The van der Waals surface area contributed by atoms with E-state index in [4.69, 9.17) is 15.0 Å². The van der Waals surface area contributed by atoms with Crippen LogP contribution in [0.15, 0.2) is 22.7 Å². The van der Waals surface area contributed by atoms with E-state index in [2.05, 4.69) is 35.0 Å². The molecule has 2 saturated carbocycles. The SMILES string of the molecule is CCCCOP(=O)(COc1ccc(CC2(N)CCCC2)cc1Br)C1CCCCC1. The molecule has 4 nitrogen and oxygen atoms in total. The van der Waals surface area contributed by atoms with Gasteiger partial charge in [-0.2, -0.15) is 0 Å².